The van der Waals surface area contributed by atoms with Crippen LogP contribution < -0.4 is 4.74 Å². The second-order valence-corrected chi connectivity index (χ2v) is 10.3. The Morgan fingerprint density at radius 3 is 2.13 bits per heavy atom. The number of pyridine rings is 1. The summed E-state index contributed by atoms with van der Waals surface area (Å²) in [6.45, 7) is 0. The molecule has 3 rings (SSSR count). The van der Waals surface area contributed by atoms with Crippen LogP contribution in [0.25, 0.3) is 0 Å². The predicted octanol–water partition coefficient (Wildman–Crippen LogP) is 8.07. The third-order valence-electron chi connectivity index (χ3n) is 5.61. The van der Waals surface area contributed by atoms with E-state index in [1.54, 1.807) is 6.07 Å². The van der Waals surface area contributed by atoms with Crippen molar-refractivity contribution >= 4 is 55.0 Å². The standard InChI is InChI=1S/C25H16Br2ClF6NO3/c1-38-22-14(9-20(36)13-5-7-35-8-6-13)3-2-4-16(22)21(37)12-17-18(26)10-15(11-19(17)28)23(29,24(27,30)31)25(32,33)34/h2-8,10-11H,9,12H2,1H3. The van der Waals surface area contributed by atoms with E-state index in [1.165, 1.54) is 59.7 Å². The van der Waals surface area contributed by atoms with Gasteiger partial charge in [-0.25, -0.2) is 4.39 Å². The molecule has 3 aromatic rings. The monoisotopic (exact) mass is 685 g/mol. The number of hydrogen-bond donors (Lipinski definition) is 0. The minimum atomic E-state index is -6.00. The van der Waals surface area contributed by atoms with Gasteiger partial charge in [0.15, 0.2) is 11.6 Å². The first kappa shape index (κ1) is 30.1. The Hall–Kier alpha value is -2.44. The number of halogens is 9. The fraction of sp³-hybridized carbons (Fsp3) is 0.240. The van der Waals surface area contributed by atoms with Gasteiger partial charge in [-0.1, -0.05) is 39.7 Å². The minimum Gasteiger partial charge on any atom is -0.496 e. The Morgan fingerprint density at radius 1 is 0.974 bits per heavy atom. The Labute approximate surface area is 234 Å². The summed E-state index contributed by atoms with van der Waals surface area (Å²) >= 11 is 10.5. The summed E-state index contributed by atoms with van der Waals surface area (Å²) in [5, 5.41) is -0.547. The van der Waals surface area contributed by atoms with Gasteiger partial charge in [0.1, 0.15) is 5.75 Å². The molecule has 0 amide bonds. The van der Waals surface area contributed by atoms with E-state index in [1.807, 2.05) is 0 Å². The molecule has 0 saturated carbocycles. The van der Waals surface area contributed by atoms with Crippen LogP contribution in [0.4, 0.5) is 26.3 Å². The van der Waals surface area contributed by atoms with Crippen LogP contribution in [0.5, 0.6) is 5.75 Å². The molecule has 202 valence electrons. The number of nitrogens with zero attached hydrogens (tertiary/aromatic N) is 1. The highest BCUT2D eigenvalue weighted by Gasteiger charge is 2.71. The van der Waals surface area contributed by atoms with E-state index in [4.69, 9.17) is 16.3 Å². The summed E-state index contributed by atoms with van der Waals surface area (Å²) in [6.07, 6.45) is -3.70. The van der Waals surface area contributed by atoms with Crippen LogP contribution in [0.1, 0.15) is 37.4 Å². The van der Waals surface area contributed by atoms with Crippen LogP contribution in [0.15, 0.2) is 59.3 Å². The fourth-order valence-corrected chi connectivity index (χ4v) is 5.17. The highest BCUT2D eigenvalue weighted by Crippen LogP contribution is 2.56. The first-order chi connectivity index (χ1) is 17.6. The number of carbonyl (C=O) groups is 2. The highest BCUT2D eigenvalue weighted by molar-refractivity contribution is 9.10. The summed E-state index contributed by atoms with van der Waals surface area (Å²) in [5.41, 5.74) is -5.80. The summed E-state index contributed by atoms with van der Waals surface area (Å²) in [5.74, 6) is -0.772. The maximum atomic E-state index is 14.8. The maximum Gasteiger partial charge on any atom is 0.433 e. The molecule has 0 bridgehead atoms. The van der Waals surface area contributed by atoms with E-state index in [9.17, 15) is 35.9 Å². The molecule has 0 aliphatic carbocycles. The molecular weight excluding hydrogens is 672 g/mol. The molecule has 1 aromatic heterocycles. The van der Waals surface area contributed by atoms with Crippen LogP contribution in [0, 0.1) is 0 Å². The molecule has 0 radical (unpaired) electrons. The van der Waals surface area contributed by atoms with E-state index in [2.05, 4.69) is 20.9 Å². The van der Waals surface area contributed by atoms with Crippen molar-refractivity contribution in [2.75, 3.05) is 7.11 Å². The second kappa shape index (κ2) is 11.4. The zero-order valence-electron chi connectivity index (χ0n) is 19.2. The van der Waals surface area contributed by atoms with Gasteiger partial charge in [0.25, 0.3) is 0 Å². The number of hydrogen-bond acceptors (Lipinski definition) is 4. The van der Waals surface area contributed by atoms with Crippen LogP contribution in [-0.2, 0) is 18.5 Å². The molecule has 4 nitrogen and oxygen atoms in total. The number of ether oxygens (including phenoxy) is 1. The smallest absolute Gasteiger partial charge is 0.433 e. The lowest BCUT2D eigenvalue weighted by molar-refractivity contribution is -0.282. The molecule has 1 heterocycles. The third kappa shape index (κ3) is 5.91. The molecule has 0 aliphatic rings. The average molecular weight is 688 g/mol. The van der Waals surface area contributed by atoms with E-state index in [0.717, 1.165) is 0 Å². The minimum absolute atomic E-state index is 0.0432. The van der Waals surface area contributed by atoms with Gasteiger partial charge >= 0.3 is 16.7 Å². The third-order valence-corrected chi connectivity index (χ3v) is 7.20. The number of carbonyl (C=O) groups excluding carboxylic acids is 2. The van der Waals surface area contributed by atoms with Crippen molar-refractivity contribution in [2.24, 2.45) is 0 Å². The lowest BCUT2D eigenvalue weighted by atomic mass is 9.92. The van der Waals surface area contributed by atoms with E-state index in [0.29, 0.717) is 23.3 Å². The zero-order valence-corrected chi connectivity index (χ0v) is 23.1. The summed E-state index contributed by atoms with van der Waals surface area (Å²) in [4.78, 5) is 24.6. The van der Waals surface area contributed by atoms with Crippen LogP contribution in [0.2, 0.25) is 5.02 Å². The van der Waals surface area contributed by atoms with Crippen molar-refractivity contribution in [1.29, 1.82) is 0 Å². The largest absolute Gasteiger partial charge is 0.496 e. The molecule has 0 aliphatic heterocycles. The summed E-state index contributed by atoms with van der Waals surface area (Å²) in [7, 11) is 1.29. The molecule has 0 saturated heterocycles. The lowest BCUT2D eigenvalue weighted by Crippen LogP contribution is -2.49. The number of aromatic nitrogens is 1. The van der Waals surface area contributed by atoms with Gasteiger partial charge in [-0.3, -0.25) is 14.6 Å². The van der Waals surface area contributed by atoms with Gasteiger partial charge < -0.3 is 4.74 Å². The molecule has 0 N–H and O–H groups in total. The number of benzene rings is 2. The molecule has 0 spiro atoms. The average Bonchev–Trinajstić information content (AvgIpc) is 2.84. The van der Waals surface area contributed by atoms with Crippen LogP contribution in [-0.4, -0.2) is 34.7 Å². The molecule has 13 heteroatoms. The van der Waals surface area contributed by atoms with E-state index in [-0.39, 0.29) is 33.6 Å². The Morgan fingerprint density at radius 2 is 1.61 bits per heavy atom. The van der Waals surface area contributed by atoms with Crippen LogP contribution >= 0.6 is 43.5 Å². The quantitative estimate of drug-likeness (QED) is 0.130. The molecule has 1 atom stereocenters. The lowest BCUT2D eigenvalue weighted by Gasteiger charge is -2.32. The SMILES string of the molecule is COc1c(CC(=O)c2ccncc2)cccc1C(=O)Cc1c(Cl)cc(C(F)(C(F)(F)F)C(F)(F)Br)cc1Br. The van der Waals surface area contributed by atoms with Crippen molar-refractivity contribution in [3.63, 3.8) is 0 Å². The first-order valence-corrected chi connectivity index (χ1v) is 12.5. The van der Waals surface area contributed by atoms with Gasteiger partial charge in [-0.15, -0.1) is 0 Å². The van der Waals surface area contributed by atoms with Gasteiger partial charge in [0.05, 0.1) is 12.7 Å². The Balaban J connectivity index is 1.96. The topological polar surface area (TPSA) is 56.3 Å². The highest BCUT2D eigenvalue weighted by atomic mass is 79.9. The normalized spacial score (nSPS) is 13.6. The first-order valence-electron chi connectivity index (χ1n) is 10.5. The number of rotatable bonds is 9. The molecule has 2 aromatic carbocycles. The van der Waals surface area contributed by atoms with Gasteiger partial charge in [-0.05, 0) is 51.8 Å². The second-order valence-electron chi connectivity index (χ2n) is 8.01. The molecule has 1 unspecified atom stereocenters. The predicted molar refractivity (Wildman–Crippen MR) is 135 cm³/mol. The van der Waals surface area contributed by atoms with Gasteiger partial charge in [-0.2, -0.15) is 22.0 Å². The molecule has 38 heavy (non-hydrogen) atoms. The van der Waals surface area contributed by atoms with Crippen molar-refractivity contribution in [3.05, 3.63) is 92.2 Å². The zero-order chi connectivity index (χ0) is 28.5. The number of para-hydroxylation sites is 1. The number of alkyl halides is 7. The van der Waals surface area contributed by atoms with E-state index < -0.39 is 39.5 Å². The number of Topliss-reactive ketones (excluding diaryl/α,β-unsaturated/α-hetero) is 2. The molecule has 0 fully saturated rings. The Kier molecular flexibility index (Phi) is 8.99. The maximum absolute atomic E-state index is 14.8. The summed E-state index contributed by atoms with van der Waals surface area (Å²) < 4.78 is 87.5. The Bertz CT molecular complexity index is 1330. The van der Waals surface area contributed by atoms with Crippen LogP contribution in [0.3, 0.4) is 0 Å². The van der Waals surface area contributed by atoms with Crippen molar-refractivity contribution in [1.82, 2.24) is 4.98 Å². The van der Waals surface area contributed by atoms with Gasteiger partial charge in [0, 0.05) is 51.4 Å². The van der Waals surface area contributed by atoms with Crippen molar-refractivity contribution in [3.8, 4) is 5.75 Å². The summed E-state index contributed by atoms with van der Waals surface area (Å²) in [6, 6.07) is 8.48. The number of methoxy groups -OCH3 is 1. The van der Waals surface area contributed by atoms with Crippen molar-refractivity contribution in [2.45, 2.75) is 29.5 Å². The molecular formula is C25H16Br2ClF6NO3. The van der Waals surface area contributed by atoms with Crippen molar-refractivity contribution < 1.29 is 40.7 Å². The van der Waals surface area contributed by atoms with Gasteiger partial charge in [0.2, 0.25) is 0 Å². The number of ketones is 2. The van der Waals surface area contributed by atoms with E-state index >= 15 is 0 Å². The fourth-order valence-electron chi connectivity index (χ4n) is 3.71.